The monoisotopic (exact) mass is 683 g/mol. The van der Waals surface area contributed by atoms with Crippen molar-refractivity contribution >= 4 is 46.1 Å². The summed E-state index contributed by atoms with van der Waals surface area (Å²) in [6.45, 7) is 16.6. The van der Waals surface area contributed by atoms with Crippen LogP contribution in [-0.4, -0.2) is 73.7 Å². The first-order valence-electron chi connectivity index (χ1n) is 15.7. The smallest absolute Gasteiger partial charge is 0.326 e. The highest BCUT2D eigenvalue weighted by molar-refractivity contribution is 7.82. The van der Waals surface area contributed by atoms with Crippen molar-refractivity contribution in [1.29, 1.82) is 0 Å². The molecule has 2 aliphatic heterocycles. The lowest BCUT2D eigenvalue weighted by molar-refractivity contribution is 0.0984. The topological polar surface area (TPSA) is 78.3 Å². The van der Waals surface area contributed by atoms with Crippen molar-refractivity contribution in [3.63, 3.8) is 0 Å². The van der Waals surface area contributed by atoms with Crippen LogP contribution in [0.15, 0.2) is 65.8 Å². The number of halogens is 2. The van der Waals surface area contributed by atoms with Crippen LogP contribution in [0.4, 0.5) is 4.79 Å². The third-order valence-corrected chi connectivity index (χ3v) is 11.1. The molecule has 3 atom stereocenters. The Kier molecular flexibility index (Phi) is 9.90. The van der Waals surface area contributed by atoms with Gasteiger partial charge in [0.25, 0.3) is 0 Å². The molecule has 0 aliphatic carbocycles. The van der Waals surface area contributed by atoms with Gasteiger partial charge >= 0.3 is 6.03 Å². The minimum Gasteiger partial charge on any atom is -0.493 e. The van der Waals surface area contributed by atoms with Crippen LogP contribution in [0.2, 0.25) is 10.0 Å². The van der Waals surface area contributed by atoms with Crippen molar-refractivity contribution in [2.45, 2.75) is 65.0 Å². The summed E-state index contributed by atoms with van der Waals surface area (Å²) >= 11 is 12.7. The van der Waals surface area contributed by atoms with E-state index in [4.69, 9.17) is 37.9 Å². The Morgan fingerprint density at radius 3 is 2.02 bits per heavy atom. The van der Waals surface area contributed by atoms with Gasteiger partial charge in [-0.15, -0.1) is 0 Å². The zero-order chi connectivity index (χ0) is 33.4. The minimum absolute atomic E-state index is 0.196. The third-order valence-electron chi connectivity index (χ3n) is 9.16. The average molecular weight is 685 g/mol. The fraction of sp³-hybridized carbons (Fsp3) is 0.457. The molecule has 11 heteroatoms. The molecule has 0 radical (unpaired) electrons. The van der Waals surface area contributed by atoms with E-state index in [2.05, 4.69) is 34.6 Å². The first-order chi connectivity index (χ1) is 21.7. The molecule has 0 saturated carbocycles. The van der Waals surface area contributed by atoms with E-state index in [1.807, 2.05) is 82.5 Å². The van der Waals surface area contributed by atoms with Crippen LogP contribution in [0.5, 0.6) is 5.75 Å². The number of hydrogen-bond acceptors (Lipinski definition) is 5. The van der Waals surface area contributed by atoms with Crippen LogP contribution in [0.1, 0.15) is 70.9 Å². The van der Waals surface area contributed by atoms with E-state index in [0.717, 1.165) is 16.8 Å². The molecular formula is C35H43Cl2N5O3S. The minimum atomic E-state index is -1.07. The summed E-state index contributed by atoms with van der Waals surface area (Å²) in [4.78, 5) is 29.0. The van der Waals surface area contributed by atoms with Gasteiger partial charge in [0.1, 0.15) is 22.7 Å². The number of piperazine rings is 1. The lowest BCUT2D eigenvalue weighted by Crippen LogP contribution is -2.60. The Bertz CT molecular complexity index is 1640. The number of ether oxygens (including phenoxy) is 1. The van der Waals surface area contributed by atoms with E-state index in [1.54, 1.807) is 6.20 Å². The number of pyridine rings is 1. The van der Waals surface area contributed by atoms with Crippen molar-refractivity contribution in [1.82, 2.24) is 19.1 Å². The standard InChI is InChI=1S/C35H43Cl2N5O3S/c1-8-45-29-22-30(33(3,4)5)38-23-28(29)31-39-34(6,24-10-14-26(36)15-11-24)35(7,25-12-16-27(37)17-13-25)42(31)32(43)40-18-20-41(21-19-40)46(44)9-2/h10-17,22-23H,8-9,18-21H2,1-7H3/t34-,35+,46?/m0/s1. The number of aromatic nitrogens is 1. The van der Waals surface area contributed by atoms with Gasteiger partial charge in [-0.25, -0.2) is 13.3 Å². The summed E-state index contributed by atoms with van der Waals surface area (Å²) < 4.78 is 20.8. The molecule has 0 N–H and O–H groups in total. The molecule has 246 valence electrons. The van der Waals surface area contributed by atoms with Crippen LogP contribution in [0.3, 0.4) is 0 Å². The molecule has 1 fully saturated rings. The number of carbonyl (C=O) groups is 1. The SMILES string of the molecule is CCOc1cc(C(C)(C)C)ncc1C1=N[C@@](C)(c2ccc(Cl)cc2)[C@@](C)(c2ccc(Cl)cc2)N1C(=O)N1CCN(S(=O)CC)CC1. The van der Waals surface area contributed by atoms with Gasteiger partial charge in [-0.05, 0) is 56.2 Å². The second-order valence-corrected chi connectivity index (χ2v) is 15.6. The number of hydrogen-bond donors (Lipinski definition) is 0. The zero-order valence-electron chi connectivity index (χ0n) is 27.6. The number of urea groups is 1. The summed E-state index contributed by atoms with van der Waals surface area (Å²) in [5.74, 6) is 1.62. The number of nitrogens with zero attached hydrogens (tertiary/aromatic N) is 5. The summed E-state index contributed by atoms with van der Waals surface area (Å²) in [6.07, 6.45) is 1.78. The summed E-state index contributed by atoms with van der Waals surface area (Å²) in [7, 11) is -1.07. The molecule has 46 heavy (non-hydrogen) atoms. The molecule has 5 rings (SSSR count). The van der Waals surface area contributed by atoms with Gasteiger partial charge in [0.15, 0.2) is 0 Å². The maximum absolute atomic E-state index is 15.0. The van der Waals surface area contributed by atoms with Crippen molar-refractivity contribution < 1.29 is 13.7 Å². The second kappa shape index (κ2) is 13.3. The Balaban J connectivity index is 1.74. The number of amides is 2. The number of rotatable bonds is 7. The van der Waals surface area contributed by atoms with Crippen LogP contribution in [-0.2, 0) is 27.5 Å². The molecule has 0 bridgehead atoms. The zero-order valence-corrected chi connectivity index (χ0v) is 30.0. The van der Waals surface area contributed by atoms with Gasteiger partial charge in [-0.2, -0.15) is 0 Å². The average Bonchev–Trinajstić information content (AvgIpc) is 3.28. The summed E-state index contributed by atoms with van der Waals surface area (Å²) in [6, 6.07) is 17.0. The predicted molar refractivity (Wildman–Crippen MR) is 187 cm³/mol. The highest BCUT2D eigenvalue weighted by atomic mass is 35.5. The normalized spacial score (nSPS) is 22.9. The predicted octanol–water partition coefficient (Wildman–Crippen LogP) is 7.40. The Labute approximate surface area is 285 Å². The van der Waals surface area contributed by atoms with E-state index in [9.17, 15) is 4.21 Å². The molecule has 1 unspecified atom stereocenters. The van der Waals surface area contributed by atoms with Crippen molar-refractivity contribution in [3.8, 4) is 5.75 Å². The van der Waals surface area contributed by atoms with E-state index < -0.39 is 22.1 Å². The highest BCUT2D eigenvalue weighted by Gasteiger charge is 2.60. The molecule has 2 aromatic carbocycles. The molecule has 1 saturated heterocycles. The first kappa shape index (κ1) is 34.4. The quantitative estimate of drug-likeness (QED) is 0.260. The molecule has 8 nitrogen and oxygen atoms in total. The van der Waals surface area contributed by atoms with Crippen LogP contribution in [0, 0.1) is 0 Å². The van der Waals surface area contributed by atoms with Crippen molar-refractivity contribution in [2.24, 2.45) is 4.99 Å². The number of benzene rings is 2. The number of carbonyl (C=O) groups excluding carboxylic acids is 1. The molecular weight excluding hydrogens is 641 g/mol. The van der Waals surface area contributed by atoms with Gasteiger partial charge in [-0.1, -0.05) is 75.2 Å². The van der Waals surface area contributed by atoms with Gasteiger partial charge < -0.3 is 9.64 Å². The lowest BCUT2D eigenvalue weighted by Gasteiger charge is -2.47. The molecule has 0 spiro atoms. The summed E-state index contributed by atoms with van der Waals surface area (Å²) in [5, 5.41) is 1.21. The Morgan fingerprint density at radius 1 is 0.935 bits per heavy atom. The van der Waals surface area contributed by atoms with Crippen LogP contribution in [0.25, 0.3) is 0 Å². The van der Waals surface area contributed by atoms with Gasteiger partial charge in [0, 0.05) is 65.3 Å². The highest BCUT2D eigenvalue weighted by Crippen LogP contribution is 2.54. The van der Waals surface area contributed by atoms with Crippen molar-refractivity contribution in [2.75, 3.05) is 38.5 Å². The fourth-order valence-corrected chi connectivity index (χ4v) is 7.45. The van der Waals surface area contributed by atoms with E-state index in [-0.39, 0.29) is 11.4 Å². The van der Waals surface area contributed by atoms with E-state index in [0.29, 0.717) is 65.7 Å². The maximum Gasteiger partial charge on any atom is 0.326 e. The van der Waals surface area contributed by atoms with Gasteiger partial charge in [-0.3, -0.25) is 14.9 Å². The Morgan fingerprint density at radius 2 is 1.50 bits per heavy atom. The van der Waals surface area contributed by atoms with E-state index in [1.165, 1.54) is 0 Å². The van der Waals surface area contributed by atoms with Gasteiger partial charge in [0.2, 0.25) is 0 Å². The van der Waals surface area contributed by atoms with Crippen LogP contribution < -0.4 is 4.74 Å². The number of amidine groups is 1. The number of aliphatic imine (C=N–C) groups is 1. The van der Waals surface area contributed by atoms with Crippen LogP contribution >= 0.6 is 23.2 Å². The molecule has 2 amide bonds. The maximum atomic E-state index is 15.0. The first-order valence-corrected chi connectivity index (χ1v) is 17.8. The lowest BCUT2D eigenvalue weighted by atomic mass is 9.71. The fourth-order valence-electron chi connectivity index (χ4n) is 6.26. The molecule has 1 aromatic heterocycles. The largest absolute Gasteiger partial charge is 0.493 e. The Hall–Kier alpha value is -2.98. The van der Waals surface area contributed by atoms with E-state index >= 15 is 4.79 Å². The third kappa shape index (κ3) is 6.19. The van der Waals surface area contributed by atoms with Gasteiger partial charge in [0.05, 0.1) is 23.2 Å². The molecule has 2 aliphatic rings. The second-order valence-electron chi connectivity index (χ2n) is 13.0. The summed E-state index contributed by atoms with van der Waals surface area (Å²) in [5.41, 5.74) is 1.06. The molecule has 3 aromatic rings. The molecule has 3 heterocycles. The van der Waals surface area contributed by atoms with Crippen molar-refractivity contribution in [3.05, 3.63) is 93.2 Å².